The van der Waals surface area contributed by atoms with Gasteiger partial charge in [0.15, 0.2) is 5.96 Å². The van der Waals surface area contributed by atoms with Crippen molar-refractivity contribution < 1.29 is 4.74 Å². The van der Waals surface area contributed by atoms with Crippen LogP contribution in [0.2, 0.25) is 5.02 Å². The van der Waals surface area contributed by atoms with Crippen LogP contribution < -0.4 is 10.5 Å². The SMILES string of the molecule is NC(=NCCOc1ccccc1Cl)N1CCCCC1. The summed E-state index contributed by atoms with van der Waals surface area (Å²) in [5.74, 6) is 1.32. The molecule has 5 heteroatoms. The second-order valence-corrected chi connectivity index (χ2v) is 4.97. The van der Waals surface area contributed by atoms with E-state index in [1.54, 1.807) is 0 Å². The van der Waals surface area contributed by atoms with Gasteiger partial charge in [0.1, 0.15) is 12.4 Å². The standard InChI is InChI=1S/C14H20ClN3O/c15-12-6-2-3-7-13(12)19-11-8-17-14(16)18-9-4-1-5-10-18/h2-3,6-7H,1,4-5,8-11H2,(H2,16,17). The van der Waals surface area contributed by atoms with Crippen molar-refractivity contribution in [2.75, 3.05) is 26.2 Å². The average molecular weight is 282 g/mol. The van der Waals surface area contributed by atoms with Crippen molar-refractivity contribution in [1.29, 1.82) is 0 Å². The van der Waals surface area contributed by atoms with Gasteiger partial charge in [-0.2, -0.15) is 0 Å². The molecule has 104 valence electrons. The summed E-state index contributed by atoms with van der Waals surface area (Å²) < 4.78 is 5.56. The minimum Gasteiger partial charge on any atom is -0.490 e. The van der Waals surface area contributed by atoms with Gasteiger partial charge in [0.05, 0.1) is 11.6 Å². The number of hydrogen-bond acceptors (Lipinski definition) is 2. The van der Waals surface area contributed by atoms with E-state index in [0.29, 0.717) is 29.9 Å². The molecule has 0 saturated carbocycles. The van der Waals surface area contributed by atoms with Crippen molar-refractivity contribution >= 4 is 17.6 Å². The fourth-order valence-electron chi connectivity index (χ4n) is 2.10. The van der Waals surface area contributed by atoms with Crippen molar-refractivity contribution in [3.05, 3.63) is 29.3 Å². The van der Waals surface area contributed by atoms with E-state index in [1.807, 2.05) is 24.3 Å². The molecule has 0 bridgehead atoms. The molecular weight excluding hydrogens is 262 g/mol. The Balaban J connectivity index is 1.75. The van der Waals surface area contributed by atoms with E-state index < -0.39 is 0 Å². The lowest BCUT2D eigenvalue weighted by Crippen LogP contribution is -2.41. The molecule has 0 atom stereocenters. The number of halogens is 1. The molecule has 0 aliphatic carbocycles. The first-order valence-corrected chi connectivity index (χ1v) is 7.07. The third-order valence-corrected chi connectivity index (χ3v) is 3.45. The van der Waals surface area contributed by atoms with E-state index in [4.69, 9.17) is 22.1 Å². The van der Waals surface area contributed by atoms with Crippen LogP contribution in [-0.2, 0) is 0 Å². The van der Waals surface area contributed by atoms with E-state index in [9.17, 15) is 0 Å². The number of hydrogen-bond donors (Lipinski definition) is 1. The Morgan fingerprint density at radius 1 is 1.26 bits per heavy atom. The summed E-state index contributed by atoms with van der Waals surface area (Å²) in [7, 11) is 0. The summed E-state index contributed by atoms with van der Waals surface area (Å²) in [6.07, 6.45) is 3.69. The number of piperidine rings is 1. The van der Waals surface area contributed by atoms with Crippen molar-refractivity contribution in [3.63, 3.8) is 0 Å². The molecule has 2 N–H and O–H groups in total. The van der Waals surface area contributed by atoms with Gasteiger partial charge < -0.3 is 15.4 Å². The van der Waals surface area contributed by atoms with Crippen LogP contribution in [0.3, 0.4) is 0 Å². The second-order valence-electron chi connectivity index (χ2n) is 4.57. The zero-order valence-electron chi connectivity index (χ0n) is 11.0. The summed E-state index contributed by atoms with van der Waals surface area (Å²) in [5.41, 5.74) is 5.95. The molecule has 0 unspecified atom stereocenters. The minimum absolute atomic E-state index is 0.484. The van der Waals surface area contributed by atoms with Crippen LogP contribution in [0.4, 0.5) is 0 Å². The van der Waals surface area contributed by atoms with Crippen molar-refractivity contribution in [3.8, 4) is 5.75 Å². The molecule has 0 amide bonds. The third-order valence-electron chi connectivity index (χ3n) is 3.14. The van der Waals surface area contributed by atoms with Gasteiger partial charge in [-0.1, -0.05) is 23.7 Å². The fraction of sp³-hybridized carbons (Fsp3) is 0.500. The number of nitrogens with two attached hydrogens (primary N) is 1. The monoisotopic (exact) mass is 281 g/mol. The van der Waals surface area contributed by atoms with Crippen molar-refractivity contribution in [2.24, 2.45) is 10.7 Å². The maximum atomic E-state index is 5.99. The predicted octanol–water partition coefficient (Wildman–Crippen LogP) is 2.52. The molecular formula is C14H20ClN3O. The van der Waals surface area contributed by atoms with E-state index in [0.717, 1.165) is 13.1 Å². The average Bonchev–Trinajstić information content (AvgIpc) is 2.46. The van der Waals surface area contributed by atoms with Crippen molar-refractivity contribution in [1.82, 2.24) is 4.90 Å². The maximum Gasteiger partial charge on any atom is 0.191 e. The summed E-state index contributed by atoms with van der Waals surface area (Å²) in [4.78, 5) is 6.48. The van der Waals surface area contributed by atoms with Crippen LogP contribution in [0, 0.1) is 0 Å². The number of guanidine groups is 1. The van der Waals surface area contributed by atoms with Gasteiger partial charge in [-0.05, 0) is 31.4 Å². The van der Waals surface area contributed by atoms with Gasteiger partial charge in [0.2, 0.25) is 0 Å². The van der Waals surface area contributed by atoms with Gasteiger partial charge in [-0.25, -0.2) is 4.99 Å². The molecule has 0 spiro atoms. The number of aliphatic imine (C=N–C) groups is 1. The number of para-hydroxylation sites is 1. The number of nitrogens with zero attached hydrogens (tertiary/aromatic N) is 2. The lowest BCUT2D eigenvalue weighted by Gasteiger charge is -2.27. The molecule has 1 fully saturated rings. The summed E-state index contributed by atoms with van der Waals surface area (Å²) in [6.45, 7) is 3.06. The normalized spacial score (nSPS) is 16.5. The van der Waals surface area contributed by atoms with Gasteiger partial charge >= 0.3 is 0 Å². The molecule has 1 saturated heterocycles. The number of likely N-dealkylation sites (tertiary alicyclic amines) is 1. The van der Waals surface area contributed by atoms with E-state index in [1.165, 1.54) is 19.3 Å². The Hall–Kier alpha value is -1.42. The smallest absolute Gasteiger partial charge is 0.191 e. The number of benzene rings is 1. The second kappa shape index (κ2) is 7.24. The molecule has 1 heterocycles. The first-order valence-electron chi connectivity index (χ1n) is 6.69. The van der Waals surface area contributed by atoms with Crippen LogP contribution in [0.5, 0.6) is 5.75 Å². The Labute approximate surface area is 119 Å². The first kappa shape index (κ1) is 14.0. The first-order chi connectivity index (χ1) is 9.27. The van der Waals surface area contributed by atoms with Gasteiger partial charge in [0.25, 0.3) is 0 Å². The van der Waals surface area contributed by atoms with Crippen molar-refractivity contribution in [2.45, 2.75) is 19.3 Å². The Kier molecular flexibility index (Phi) is 5.33. The summed E-state index contributed by atoms with van der Waals surface area (Å²) >= 11 is 5.99. The molecule has 4 nitrogen and oxygen atoms in total. The molecule has 19 heavy (non-hydrogen) atoms. The van der Waals surface area contributed by atoms with Gasteiger partial charge in [0, 0.05) is 13.1 Å². The highest BCUT2D eigenvalue weighted by Gasteiger charge is 2.11. The lowest BCUT2D eigenvalue weighted by atomic mass is 10.1. The van der Waals surface area contributed by atoms with Crippen LogP contribution in [0.25, 0.3) is 0 Å². The highest BCUT2D eigenvalue weighted by atomic mass is 35.5. The minimum atomic E-state index is 0.484. The van der Waals surface area contributed by atoms with E-state index >= 15 is 0 Å². The summed E-state index contributed by atoms with van der Waals surface area (Å²) in [6, 6.07) is 7.43. The quantitative estimate of drug-likeness (QED) is 0.524. The zero-order chi connectivity index (χ0) is 13.5. The molecule has 1 aromatic rings. The van der Waals surface area contributed by atoms with Crippen LogP contribution in [0.1, 0.15) is 19.3 Å². The largest absolute Gasteiger partial charge is 0.490 e. The van der Waals surface area contributed by atoms with Crippen LogP contribution in [0.15, 0.2) is 29.3 Å². The Bertz CT molecular complexity index is 430. The zero-order valence-corrected chi connectivity index (χ0v) is 11.8. The third kappa shape index (κ3) is 4.31. The number of ether oxygens (including phenoxy) is 1. The van der Waals surface area contributed by atoms with Gasteiger partial charge in [-0.15, -0.1) is 0 Å². The highest BCUT2D eigenvalue weighted by molar-refractivity contribution is 6.32. The fourth-order valence-corrected chi connectivity index (χ4v) is 2.29. The van der Waals surface area contributed by atoms with E-state index in [2.05, 4.69) is 9.89 Å². The van der Waals surface area contributed by atoms with Crippen LogP contribution >= 0.6 is 11.6 Å². The highest BCUT2D eigenvalue weighted by Crippen LogP contribution is 2.22. The topological polar surface area (TPSA) is 50.9 Å². The predicted molar refractivity (Wildman–Crippen MR) is 78.9 cm³/mol. The maximum absolute atomic E-state index is 5.99. The molecule has 1 aliphatic rings. The Morgan fingerprint density at radius 3 is 2.74 bits per heavy atom. The lowest BCUT2D eigenvalue weighted by molar-refractivity contribution is 0.321. The Morgan fingerprint density at radius 2 is 2.00 bits per heavy atom. The van der Waals surface area contributed by atoms with Crippen LogP contribution in [-0.4, -0.2) is 37.1 Å². The molecule has 1 aliphatic heterocycles. The molecule has 2 rings (SSSR count). The molecule has 0 radical (unpaired) electrons. The number of rotatable bonds is 4. The molecule has 1 aromatic carbocycles. The summed E-state index contributed by atoms with van der Waals surface area (Å²) in [5, 5.41) is 0.621. The van der Waals surface area contributed by atoms with E-state index in [-0.39, 0.29) is 0 Å². The molecule has 0 aromatic heterocycles. The van der Waals surface area contributed by atoms with Gasteiger partial charge in [-0.3, -0.25) is 0 Å².